The zero-order valence-corrected chi connectivity index (χ0v) is 14.5. The van der Waals surface area contributed by atoms with Crippen LogP contribution in [0.2, 0.25) is 0 Å². The molecule has 2 amide bonds. The Hall–Kier alpha value is -3.64. The molecule has 0 N–H and O–H groups in total. The molecular formula is C19H16N4O4. The molecule has 3 rings (SSSR count). The molecule has 0 fully saturated rings. The van der Waals surface area contributed by atoms with E-state index in [-0.39, 0.29) is 24.2 Å². The summed E-state index contributed by atoms with van der Waals surface area (Å²) in [6.45, 7) is 1.79. The van der Waals surface area contributed by atoms with Gasteiger partial charge in [0.15, 0.2) is 0 Å². The van der Waals surface area contributed by atoms with Crippen molar-refractivity contribution in [3.63, 3.8) is 0 Å². The molecule has 1 heterocycles. The summed E-state index contributed by atoms with van der Waals surface area (Å²) in [6.07, 6.45) is 0.0981. The molecule has 8 heteroatoms. The minimum absolute atomic E-state index is 0.0981. The number of carbonyl (C=O) groups excluding carboxylic acids is 3. The van der Waals surface area contributed by atoms with Gasteiger partial charge in [-0.3, -0.25) is 14.5 Å². The van der Waals surface area contributed by atoms with Crippen LogP contribution in [-0.2, 0) is 16.0 Å². The Balaban J connectivity index is 1.93. The van der Waals surface area contributed by atoms with E-state index in [0.29, 0.717) is 11.3 Å². The van der Waals surface area contributed by atoms with Gasteiger partial charge in [0, 0.05) is 17.0 Å². The third kappa shape index (κ3) is 3.51. The van der Waals surface area contributed by atoms with Crippen molar-refractivity contribution in [1.82, 2.24) is 4.90 Å². The van der Waals surface area contributed by atoms with E-state index in [2.05, 4.69) is 10.0 Å². The van der Waals surface area contributed by atoms with Crippen molar-refractivity contribution in [2.45, 2.75) is 19.4 Å². The van der Waals surface area contributed by atoms with Crippen molar-refractivity contribution in [3.8, 4) is 0 Å². The highest BCUT2D eigenvalue weighted by molar-refractivity contribution is 6.22. The number of rotatable bonds is 6. The molecule has 0 aliphatic carbocycles. The Kier molecular flexibility index (Phi) is 5.19. The summed E-state index contributed by atoms with van der Waals surface area (Å²) in [5.74, 6) is -1.68. The smallest absolute Gasteiger partial charge is 0.329 e. The highest BCUT2D eigenvalue weighted by Crippen LogP contribution is 2.27. The quantitative estimate of drug-likeness (QED) is 0.257. The molecule has 0 saturated heterocycles. The van der Waals surface area contributed by atoms with Crippen molar-refractivity contribution >= 4 is 23.5 Å². The van der Waals surface area contributed by atoms with Crippen LogP contribution in [0.25, 0.3) is 10.4 Å². The van der Waals surface area contributed by atoms with Gasteiger partial charge in [-0.05, 0) is 30.2 Å². The maximum Gasteiger partial charge on any atom is 0.329 e. The number of esters is 1. The molecule has 0 spiro atoms. The first kappa shape index (κ1) is 18.2. The summed E-state index contributed by atoms with van der Waals surface area (Å²) in [7, 11) is 0. The number of benzene rings is 2. The van der Waals surface area contributed by atoms with Crippen molar-refractivity contribution < 1.29 is 19.1 Å². The first-order chi connectivity index (χ1) is 13.1. The monoisotopic (exact) mass is 364 g/mol. The van der Waals surface area contributed by atoms with Crippen LogP contribution < -0.4 is 0 Å². The lowest BCUT2D eigenvalue weighted by molar-refractivity contribution is -0.147. The summed E-state index contributed by atoms with van der Waals surface area (Å²) >= 11 is 0. The van der Waals surface area contributed by atoms with E-state index < -0.39 is 23.8 Å². The topological polar surface area (TPSA) is 112 Å². The Morgan fingerprint density at radius 1 is 1.11 bits per heavy atom. The predicted octanol–water partition coefficient (Wildman–Crippen LogP) is 3.40. The molecule has 2 aromatic rings. The van der Waals surface area contributed by atoms with Gasteiger partial charge in [-0.15, -0.1) is 0 Å². The zero-order chi connectivity index (χ0) is 19.4. The first-order valence-electron chi connectivity index (χ1n) is 8.34. The van der Waals surface area contributed by atoms with E-state index in [1.807, 2.05) is 0 Å². The highest BCUT2D eigenvalue weighted by Gasteiger charge is 2.43. The summed E-state index contributed by atoms with van der Waals surface area (Å²) in [5, 5.41) is 3.49. The number of fused-ring (bicyclic) bond motifs is 1. The van der Waals surface area contributed by atoms with Gasteiger partial charge < -0.3 is 4.74 Å². The fraction of sp³-hybridized carbons (Fsp3) is 0.211. The van der Waals surface area contributed by atoms with Gasteiger partial charge in [0.05, 0.1) is 17.7 Å². The number of carbonyl (C=O) groups is 3. The van der Waals surface area contributed by atoms with Crippen LogP contribution in [0.3, 0.4) is 0 Å². The summed E-state index contributed by atoms with van der Waals surface area (Å²) in [4.78, 5) is 41.6. The molecule has 0 aromatic heterocycles. The van der Waals surface area contributed by atoms with Gasteiger partial charge in [-0.2, -0.15) is 0 Å². The predicted molar refractivity (Wildman–Crippen MR) is 96.3 cm³/mol. The Bertz CT molecular complexity index is 913. The van der Waals surface area contributed by atoms with E-state index in [1.165, 1.54) is 0 Å². The number of nitrogens with zero attached hydrogens (tertiary/aromatic N) is 4. The third-order valence-electron chi connectivity index (χ3n) is 4.22. The van der Waals surface area contributed by atoms with Gasteiger partial charge in [0.2, 0.25) is 0 Å². The van der Waals surface area contributed by atoms with Crippen molar-refractivity contribution in [2.24, 2.45) is 5.11 Å². The van der Waals surface area contributed by atoms with Gasteiger partial charge in [-0.25, -0.2) is 4.79 Å². The van der Waals surface area contributed by atoms with Crippen LogP contribution in [0.4, 0.5) is 5.69 Å². The van der Waals surface area contributed by atoms with Crippen LogP contribution in [-0.4, -0.2) is 35.3 Å². The van der Waals surface area contributed by atoms with Crippen molar-refractivity contribution in [1.29, 1.82) is 0 Å². The molecular weight excluding hydrogens is 348 g/mol. The molecule has 0 saturated carbocycles. The van der Waals surface area contributed by atoms with E-state index >= 15 is 0 Å². The summed E-state index contributed by atoms with van der Waals surface area (Å²) < 4.78 is 5.09. The highest BCUT2D eigenvalue weighted by atomic mass is 16.5. The molecule has 1 aliphatic rings. The average Bonchev–Trinajstić information content (AvgIpc) is 2.93. The van der Waals surface area contributed by atoms with Crippen molar-refractivity contribution in [3.05, 3.63) is 75.7 Å². The summed E-state index contributed by atoms with van der Waals surface area (Å²) in [5.41, 5.74) is 10.1. The molecule has 0 radical (unpaired) electrons. The number of ether oxygens (including phenoxy) is 1. The Labute approximate surface area is 155 Å². The lowest BCUT2D eigenvalue weighted by Crippen LogP contribution is -2.47. The second-order valence-electron chi connectivity index (χ2n) is 5.85. The lowest BCUT2D eigenvalue weighted by atomic mass is 10.0. The fourth-order valence-corrected chi connectivity index (χ4v) is 2.98. The first-order valence-corrected chi connectivity index (χ1v) is 8.34. The van der Waals surface area contributed by atoms with Gasteiger partial charge in [0.25, 0.3) is 11.8 Å². The third-order valence-corrected chi connectivity index (χ3v) is 4.22. The minimum atomic E-state index is -1.08. The molecule has 8 nitrogen and oxygen atoms in total. The number of azide groups is 1. The number of hydrogen-bond acceptors (Lipinski definition) is 5. The van der Waals surface area contributed by atoms with Crippen molar-refractivity contribution in [2.75, 3.05) is 6.61 Å². The van der Waals surface area contributed by atoms with Crippen LogP contribution in [0.1, 0.15) is 33.2 Å². The van der Waals surface area contributed by atoms with Gasteiger partial charge in [0.1, 0.15) is 6.04 Å². The maximum absolute atomic E-state index is 12.7. The molecule has 136 valence electrons. The average molecular weight is 364 g/mol. The van der Waals surface area contributed by atoms with Crippen LogP contribution >= 0.6 is 0 Å². The van der Waals surface area contributed by atoms with Crippen LogP contribution in [0, 0.1) is 0 Å². The van der Waals surface area contributed by atoms with E-state index in [1.54, 1.807) is 55.5 Å². The summed E-state index contributed by atoms with van der Waals surface area (Å²) in [6, 6.07) is 11.9. The molecule has 2 aromatic carbocycles. The molecule has 1 aliphatic heterocycles. The largest absolute Gasteiger partial charge is 0.464 e. The normalized spacial score (nSPS) is 13.7. The number of hydrogen-bond donors (Lipinski definition) is 0. The molecule has 0 bridgehead atoms. The maximum atomic E-state index is 12.7. The van der Waals surface area contributed by atoms with Crippen LogP contribution in [0.5, 0.6) is 0 Å². The van der Waals surface area contributed by atoms with Gasteiger partial charge in [-0.1, -0.05) is 41.5 Å². The molecule has 1 atom stereocenters. The molecule has 1 unspecified atom stereocenters. The van der Waals surface area contributed by atoms with E-state index in [9.17, 15) is 14.4 Å². The lowest BCUT2D eigenvalue weighted by Gasteiger charge is -2.24. The second-order valence-corrected chi connectivity index (χ2v) is 5.85. The van der Waals surface area contributed by atoms with E-state index in [0.717, 1.165) is 4.90 Å². The molecule has 27 heavy (non-hydrogen) atoms. The minimum Gasteiger partial charge on any atom is -0.464 e. The van der Waals surface area contributed by atoms with Gasteiger partial charge >= 0.3 is 5.97 Å². The second kappa shape index (κ2) is 7.72. The zero-order valence-electron chi connectivity index (χ0n) is 14.5. The SMILES string of the molecule is CCOC(=O)C(Cc1ccc(N=[N+]=[N-])cc1)N1C(=O)c2ccccc2C1=O. The fourth-order valence-electron chi connectivity index (χ4n) is 2.98. The Morgan fingerprint density at radius 2 is 1.70 bits per heavy atom. The number of imide groups is 1. The Morgan fingerprint density at radius 3 is 2.22 bits per heavy atom. The standard InChI is InChI=1S/C19H16N4O4/c1-2-27-19(26)16(11-12-7-9-13(10-8-12)21-22-20)23-17(24)14-5-3-4-6-15(14)18(23)25/h3-10,16H,2,11H2,1H3. The van der Waals surface area contributed by atoms with E-state index in [4.69, 9.17) is 10.3 Å². The number of amides is 2. The van der Waals surface area contributed by atoms with Crippen LogP contribution in [0.15, 0.2) is 53.6 Å².